The van der Waals surface area contributed by atoms with E-state index in [0.717, 1.165) is 53.4 Å². The van der Waals surface area contributed by atoms with Crippen molar-refractivity contribution in [2.24, 2.45) is 4.99 Å². The van der Waals surface area contributed by atoms with Crippen LogP contribution in [0, 0.1) is 0 Å². The Bertz CT molecular complexity index is 1170. The number of imidazole rings is 1. The van der Waals surface area contributed by atoms with Crippen LogP contribution in [-0.4, -0.2) is 27.7 Å². The molecule has 0 aliphatic heterocycles. The molecule has 0 amide bonds. The van der Waals surface area contributed by atoms with E-state index >= 15 is 0 Å². The van der Waals surface area contributed by atoms with E-state index in [-0.39, 0.29) is 0 Å². The number of nitrogens with zero attached hydrogens (tertiary/aromatic N) is 4. The third-order valence-corrected chi connectivity index (χ3v) is 5.63. The van der Waals surface area contributed by atoms with Crippen LogP contribution in [0.3, 0.4) is 0 Å². The van der Waals surface area contributed by atoms with Gasteiger partial charge in [0, 0.05) is 38.7 Å². The lowest BCUT2D eigenvalue weighted by molar-refractivity contribution is 0.380. The molecular weight excluding hydrogens is 400 g/mol. The second kappa shape index (κ2) is 10.1. The highest BCUT2D eigenvalue weighted by molar-refractivity contribution is 5.79. The zero-order chi connectivity index (χ0) is 22.3. The Morgan fingerprint density at radius 3 is 2.47 bits per heavy atom. The Hall–Kier alpha value is -3.61. The van der Waals surface area contributed by atoms with Crippen molar-refractivity contribution in [1.82, 2.24) is 25.3 Å². The molecule has 0 saturated heterocycles. The van der Waals surface area contributed by atoms with Crippen LogP contribution in [0.1, 0.15) is 42.0 Å². The molecule has 0 aliphatic rings. The molecule has 2 aromatic carbocycles. The van der Waals surface area contributed by atoms with Crippen molar-refractivity contribution in [3.05, 3.63) is 83.0 Å². The van der Waals surface area contributed by atoms with Crippen LogP contribution in [0.15, 0.2) is 64.4 Å². The third kappa shape index (κ3) is 4.82. The summed E-state index contributed by atoms with van der Waals surface area (Å²) in [6.07, 6.45) is 3.59. The minimum atomic E-state index is 0.646. The van der Waals surface area contributed by atoms with Crippen LogP contribution in [0.5, 0.6) is 0 Å². The van der Waals surface area contributed by atoms with Gasteiger partial charge in [-0.25, -0.2) is 4.98 Å². The van der Waals surface area contributed by atoms with Crippen molar-refractivity contribution in [3.8, 4) is 0 Å². The quantitative estimate of drug-likeness (QED) is 0.325. The van der Waals surface area contributed by atoms with Gasteiger partial charge in [0.25, 0.3) is 0 Å². The second-order valence-electron chi connectivity index (χ2n) is 7.70. The fraction of sp³-hybridized carbons (Fsp3) is 0.320. The summed E-state index contributed by atoms with van der Waals surface area (Å²) in [5.41, 5.74) is 6.75. The van der Waals surface area contributed by atoms with E-state index in [1.54, 1.807) is 7.05 Å². The third-order valence-electron chi connectivity index (χ3n) is 5.63. The lowest BCUT2D eigenvalue weighted by Crippen LogP contribution is -2.36. The first-order valence-corrected chi connectivity index (χ1v) is 11.1. The van der Waals surface area contributed by atoms with E-state index in [2.05, 4.69) is 74.5 Å². The predicted octanol–water partition coefficient (Wildman–Crippen LogP) is 4.06. The van der Waals surface area contributed by atoms with E-state index in [1.807, 2.05) is 24.5 Å². The molecule has 2 aromatic heterocycles. The molecule has 0 fully saturated rings. The van der Waals surface area contributed by atoms with Gasteiger partial charge in [-0.3, -0.25) is 4.99 Å². The van der Waals surface area contributed by atoms with Crippen LogP contribution in [0.4, 0.5) is 0 Å². The van der Waals surface area contributed by atoms with Gasteiger partial charge in [-0.15, -0.1) is 0 Å². The summed E-state index contributed by atoms with van der Waals surface area (Å²) in [5, 5.41) is 10.9. The van der Waals surface area contributed by atoms with Crippen LogP contribution in [0.2, 0.25) is 0 Å². The predicted molar refractivity (Wildman–Crippen MR) is 128 cm³/mol. The molecule has 2 heterocycles. The number of benzene rings is 2. The first kappa shape index (κ1) is 21.6. The van der Waals surface area contributed by atoms with E-state index in [9.17, 15) is 0 Å². The molecule has 0 bridgehead atoms. The van der Waals surface area contributed by atoms with Gasteiger partial charge in [0.15, 0.2) is 5.96 Å². The summed E-state index contributed by atoms with van der Waals surface area (Å²) < 4.78 is 7.62. The van der Waals surface area contributed by atoms with Gasteiger partial charge >= 0.3 is 0 Å². The number of aliphatic imine (C=N–C) groups is 1. The molecule has 4 aromatic rings. The fourth-order valence-corrected chi connectivity index (χ4v) is 3.81. The number of hydrogen-bond donors (Lipinski definition) is 2. The fourth-order valence-electron chi connectivity index (χ4n) is 3.81. The number of fused-ring (bicyclic) bond motifs is 1. The highest BCUT2D eigenvalue weighted by atomic mass is 16.5. The number of nitrogens with one attached hydrogen (secondary N) is 2. The lowest BCUT2D eigenvalue weighted by Gasteiger charge is -2.13. The monoisotopic (exact) mass is 430 g/mol. The summed E-state index contributed by atoms with van der Waals surface area (Å²) in [4.78, 5) is 8.81. The smallest absolute Gasteiger partial charge is 0.191 e. The Labute approximate surface area is 188 Å². The van der Waals surface area contributed by atoms with E-state index < -0.39 is 0 Å². The van der Waals surface area contributed by atoms with Gasteiger partial charge < -0.3 is 19.7 Å². The molecule has 166 valence electrons. The molecular formula is C25H30N6O. The van der Waals surface area contributed by atoms with Crippen LogP contribution in [0.25, 0.3) is 11.0 Å². The summed E-state index contributed by atoms with van der Waals surface area (Å²) in [6, 6.07) is 16.8. The van der Waals surface area contributed by atoms with Gasteiger partial charge in [0.1, 0.15) is 5.76 Å². The van der Waals surface area contributed by atoms with Crippen molar-refractivity contribution in [2.45, 2.75) is 46.3 Å². The molecule has 4 rings (SSSR count). The van der Waals surface area contributed by atoms with E-state index in [4.69, 9.17) is 4.52 Å². The number of aromatic nitrogens is 3. The Morgan fingerprint density at radius 2 is 1.72 bits per heavy atom. The van der Waals surface area contributed by atoms with Gasteiger partial charge in [0.2, 0.25) is 0 Å². The maximum absolute atomic E-state index is 5.45. The Kier molecular flexibility index (Phi) is 6.84. The van der Waals surface area contributed by atoms with Crippen LogP contribution >= 0.6 is 0 Å². The number of rotatable bonds is 8. The summed E-state index contributed by atoms with van der Waals surface area (Å²) >= 11 is 0. The molecule has 2 N–H and O–H groups in total. The van der Waals surface area contributed by atoms with Crippen molar-refractivity contribution in [3.63, 3.8) is 0 Å². The van der Waals surface area contributed by atoms with Gasteiger partial charge in [0.05, 0.1) is 23.1 Å². The molecule has 0 atom stereocenters. The van der Waals surface area contributed by atoms with E-state index in [1.165, 1.54) is 11.1 Å². The van der Waals surface area contributed by atoms with Gasteiger partial charge in [-0.2, -0.15) is 0 Å². The minimum Gasteiger partial charge on any atom is -0.361 e. The second-order valence-corrected chi connectivity index (χ2v) is 7.70. The Morgan fingerprint density at radius 1 is 0.969 bits per heavy atom. The molecule has 0 unspecified atom stereocenters. The average molecular weight is 431 g/mol. The largest absolute Gasteiger partial charge is 0.361 e. The number of hydrogen-bond acceptors (Lipinski definition) is 4. The zero-order valence-electron chi connectivity index (χ0n) is 18.9. The molecule has 0 saturated carbocycles. The van der Waals surface area contributed by atoms with Crippen molar-refractivity contribution in [2.75, 3.05) is 7.05 Å². The van der Waals surface area contributed by atoms with E-state index in [0.29, 0.717) is 13.1 Å². The van der Waals surface area contributed by atoms with Crippen LogP contribution in [-0.2, 0) is 32.5 Å². The van der Waals surface area contributed by atoms with Crippen molar-refractivity contribution in [1.29, 1.82) is 0 Å². The number of guanidine groups is 1. The molecule has 32 heavy (non-hydrogen) atoms. The maximum atomic E-state index is 5.45. The summed E-state index contributed by atoms with van der Waals surface area (Å²) in [5.74, 6) is 1.69. The summed E-state index contributed by atoms with van der Waals surface area (Å²) in [7, 11) is 1.78. The number of para-hydroxylation sites is 2. The molecule has 7 nitrogen and oxygen atoms in total. The molecule has 7 heteroatoms. The van der Waals surface area contributed by atoms with Crippen LogP contribution < -0.4 is 10.6 Å². The van der Waals surface area contributed by atoms with Crippen molar-refractivity contribution >= 4 is 17.0 Å². The zero-order valence-corrected chi connectivity index (χ0v) is 18.9. The lowest BCUT2D eigenvalue weighted by atomic mass is 10.1. The average Bonchev–Trinajstić information content (AvgIpc) is 3.43. The first-order chi connectivity index (χ1) is 15.7. The maximum Gasteiger partial charge on any atom is 0.191 e. The van der Waals surface area contributed by atoms with Gasteiger partial charge in [-0.1, -0.05) is 55.4 Å². The normalized spacial score (nSPS) is 11.8. The SMILES string of the molecule is CCc1noc(CC)c1CNC(=NC)NCc1ccc(Cn2cnc3ccccc32)cc1. The number of aryl methyl sites for hydroxylation is 2. The Balaban J connectivity index is 1.33. The highest BCUT2D eigenvalue weighted by Gasteiger charge is 2.13. The minimum absolute atomic E-state index is 0.646. The molecule has 0 radical (unpaired) electrons. The van der Waals surface area contributed by atoms with Crippen molar-refractivity contribution < 1.29 is 4.52 Å². The first-order valence-electron chi connectivity index (χ1n) is 11.1. The molecule has 0 spiro atoms. The summed E-state index contributed by atoms with van der Waals surface area (Å²) in [6.45, 7) is 6.31. The molecule has 0 aliphatic carbocycles. The van der Waals surface area contributed by atoms with Gasteiger partial charge in [-0.05, 0) is 29.7 Å². The standard InChI is InChI=1S/C25H30N6O/c1-4-21-20(24(5-2)32-30-21)15-28-25(26-3)27-14-18-10-12-19(13-11-18)16-31-17-29-22-8-6-7-9-23(22)31/h6-13,17H,4-5,14-16H2,1-3H3,(H2,26,27,28). The highest BCUT2D eigenvalue weighted by Crippen LogP contribution is 2.16. The topological polar surface area (TPSA) is 80.3 Å².